The van der Waals surface area contributed by atoms with Crippen molar-refractivity contribution in [2.75, 3.05) is 13.1 Å². The van der Waals surface area contributed by atoms with Gasteiger partial charge in [-0.2, -0.15) is 5.10 Å². The average molecular weight is 321 g/mol. The molecule has 0 radical (unpaired) electrons. The van der Waals surface area contributed by atoms with E-state index in [0.717, 1.165) is 25.1 Å². The highest BCUT2D eigenvalue weighted by Gasteiger charge is 2.29. The number of likely N-dealkylation sites (tertiary alicyclic amines) is 1. The summed E-state index contributed by atoms with van der Waals surface area (Å²) < 4.78 is 1.71. The van der Waals surface area contributed by atoms with Crippen LogP contribution in [0.4, 0.5) is 0 Å². The molecule has 1 saturated heterocycles. The lowest BCUT2D eigenvalue weighted by Crippen LogP contribution is -2.43. The zero-order valence-corrected chi connectivity index (χ0v) is 14.5. The molecule has 128 valence electrons. The van der Waals surface area contributed by atoms with Crippen LogP contribution in [0.2, 0.25) is 0 Å². The lowest BCUT2D eigenvalue weighted by molar-refractivity contribution is -0.134. The molecule has 1 aromatic heterocycles. The number of piperidine rings is 1. The second-order valence-corrected chi connectivity index (χ2v) is 6.71. The van der Waals surface area contributed by atoms with Crippen LogP contribution < -0.4 is 5.32 Å². The molecule has 0 saturated carbocycles. The summed E-state index contributed by atoms with van der Waals surface area (Å²) in [7, 11) is 1.84. The lowest BCUT2D eigenvalue weighted by Gasteiger charge is -2.31. The molecule has 1 aliphatic heterocycles. The SMILES string of the molecule is CC(=O)N1CCC(C(=O)NC(CC(C)C)c2ncnn2C)CC1. The van der Waals surface area contributed by atoms with Gasteiger partial charge in [0.1, 0.15) is 12.2 Å². The summed E-state index contributed by atoms with van der Waals surface area (Å²) in [6.45, 7) is 7.15. The molecule has 1 aliphatic rings. The molecule has 1 N–H and O–H groups in total. The van der Waals surface area contributed by atoms with Gasteiger partial charge in [-0.3, -0.25) is 14.3 Å². The number of hydrogen-bond donors (Lipinski definition) is 1. The van der Waals surface area contributed by atoms with Crippen molar-refractivity contribution in [2.45, 2.75) is 46.1 Å². The Morgan fingerprint density at radius 3 is 2.48 bits per heavy atom. The van der Waals surface area contributed by atoms with Crippen LogP contribution in [0.15, 0.2) is 6.33 Å². The van der Waals surface area contributed by atoms with E-state index in [2.05, 4.69) is 29.2 Å². The normalized spacial score (nSPS) is 17.3. The number of amides is 2. The zero-order chi connectivity index (χ0) is 17.0. The maximum Gasteiger partial charge on any atom is 0.223 e. The first-order valence-electron chi connectivity index (χ1n) is 8.28. The van der Waals surface area contributed by atoms with Crippen LogP contribution in [0.25, 0.3) is 0 Å². The standard InChI is InChI=1S/C16H27N5O2/c1-11(2)9-14(15-17-10-18-20(15)4)19-16(23)13-5-7-21(8-6-13)12(3)22/h10-11,13-14H,5-9H2,1-4H3,(H,19,23). The number of aromatic nitrogens is 3. The minimum absolute atomic E-state index is 0.0338. The molecule has 0 aromatic carbocycles. The molecule has 0 aliphatic carbocycles. The van der Waals surface area contributed by atoms with E-state index < -0.39 is 0 Å². The fourth-order valence-corrected chi connectivity index (χ4v) is 3.07. The smallest absolute Gasteiger partial charge is 0.223 e. The fourth-order valence-electron chi connectivity index (χ4n) is 3.07. The molecule has 1 fully saturated rings. The molecule has 1 atom stereocenters. The van der Waals surface area contributed by atoms with Crippen molar-refractivity contribution in [3.05, 3.63) is 12.2 Å². The third-order valence-electron chi connectivity index (χ3n) is 4.39. The highest BCUT2D eigenvalue weighted by atomic mass is 16.2. The number of nitrogens with one attached hydrogen (secondary N) is 1. The van der Waals surface area contributed by atoms with Crippen LogP contribution >= 0.6 is 0 Å². The summed E-state index contributed by atoms with van der Waals surface area (Å²) in [6, 6.07) is -0.124. The topological polar surface area (TPSA) is 80.1 Å². The highest BCUT2D eigenvalue weighted by molar-refractivity contribution is 5.80. The van der Waals surface area contributed by atoms with Crippen molar-refractivity contribution < 1.29 is 9.59 Å². The molecule has 7 nitrogen and oxygen atoms in total. The third kappa shape index (κ3) is 4.53. The largest absolute Gasteiger partial charge is 0.346 e. The van der Waals surface area contributed by atoms with Gasteiger partial charge >= 0.3 is 0 Å². The van der Waals surface area contributed by atoms with Gasteiger partial charge in [0.25, 0.3) is 0 Å². The van der Waals surface area contributed by atoms with Crippen LogP contribution in [-0.4, -0.2) is 44.6 Å². The van der Waals surface area contributed by atoms with Gasteiger partial charge in [0.2, 0.25) is 11.8 Å². The van der Waals surface area contributed by atoms with Crippen LogP contribution in [-0.2, 0) is 16.6 Å². The molecule has 1 aromatic rings. The van der Waals surface area contributed by atoms with E-state index in [1.807, 2.05) is 7.05 Å². The Balaban J connectivity index is 1.98. The van der Waals surface area contributed by atoms with Crippen molar-refractivity contribution >= 4 is 11.8 Å². The van der Waals surface area contributed by atoms with Gasteiger partial charge < -0.3 is 10.2 Å². The molecular formula is C16H27N5O2. The van der Waals surface area contributed by atoms with Crippen molar-refractivity contribution in [3.8, 4) is 0 Å². The fraction of sp³-hybridized carbons (Fsp3) is 0.750. The Labute approximate surface area is 137 Å². The van der Waals surface area contributed by atoms with Crippen LogP contribution in [0.5, 0.6) is 0 Å². The van der Waals surface area contributed by atoms with E-state index in [1.165, 1.54) is 6.33 Å². The molecule has 2 amide bonds. The minimum Gasteiger partial charge on any atom is -0.346 e. The summed E-state index contributed by atoms with van der Waals surface area (Å²) >= 11 is 0. The first-order chi connectivity index (χ1) is 10.9. The number of rotatable bonds is 5. The van der Waals surface area contributed by atoms with E-state index >= 15 is 0 Å². The molecule has 2 heterocycles. The molecule has 1 unspecified atom stereocenters. The summed E-state index contributed by atoms with van der Waals surface area (Å²) in [5.74, 6) is 1.33. The van der Waals surface area contributed by atoms with Gasteiger partial charge in [-0.1, -0.05) is 13.8 Å². The van der Waals surface area contributed by atoms with E-state index in [4.69, 9.17) is 0 Å². The Morgan fingerprint density at radius 2 is 2.00 bits per heavy atom. The van der Waals surface area contributed by atoms with Gasteiger partial charge in [0.15, 0.2) is 0 Å². The molecule has 2 rings (SSSR count). The Morgan fingerprint density at radius 1 is 1.35 bits per heavy atom. The Hall–Kier alpha value is -1.92. The number of hydrogen-bond acceptors (Lipinski definition) is 4. The van der Waals surface area contributed by atoms with Gasteiger partial charge in [-0.25, -0.2) is 4.98 Å². The van der Waals surface area contributed by atoms with Gasteiger partial charge in [0.05, 0.1) is 6.04 Å². The maximum absolute atomic E-state index is 12.6. The first kappa shape index (κ1) is 17.4. The third-order valence-corrected chi connectivity index (χ3v) is 4.39. The van der Waals surface area contributed by atoms with Crippen LogP contribution in [0, 0.1) is 11.8 Å². The average Bonchev–Trinajstić information content (AvgIpc) is 2.92. The van der Waals surface area contributed by atoms with Crippen molar-refractivity contribution in [3.63, 3.8) is 0 Å². The second kappa shape index (κ2) is 7.57. The van der Waals surface area contributed by atoms with Gasteiger partial charge in [0, 0.05) is 33.0 Å². The highest BCUT2D eigenvalue weighted by Crippen LogP contribution is 2.22. The Kier molecular flexibility index (Phi) is 5.74. The monoisotopic (exact) mass is 321 g/mol. The number of aryl methyl sites for hydroxylation is 1. The second-order valence-electron chi connectivity index (χ2n) is 6.71. The van der Waals surface area contributed by atoms with E-state index in [1.54, 1.807) is 16.5 Å². The molecule has 0 spiro atoms. The number of carbonyl (C=O) groups excluding carboxylic acids is 2. The quantitative estimate of drug-likeness (QED) is 0.886. The van der Waals surface area contributed by atoms with E-state index in [9.17, 15) is 9.59 Å². The van der Waals surface area contributed by atoms with E-state index in [0.29, 0.717) is 19.0 Å². The predicted molar refractivity (Wildman–Crippen MR) is 86.3 cm³/mol. The van der Waals surface area contributed by atoms with Gasteiger partial charge in [-0.05, 0) is 25.2 Å². The number of carbonyl (C=O) groups is 2. The minimum atomic E-state index is -0.124. The summed E-state index contributed by atoms with van der Waals surface area (Å²) in [5, 5.41) is 7.24. The van der Waals surface area contributed by atoms with Crippen molar-refractivity contribution in [2.24, 2.45) is 18.9 Å². The Bertz CT molecular complexity index is 546. The molecule has 0 bridgehead atoms. The molecular weight excluding hydrogens is 294 g/mol. The maximum atomic E-state index is 12.6. The van der Waals surface area contributed by atoms with E-state index in [-0.39, 0.29) is 23.8 Å². The van der Waals surface area contributed by atoms with Crippen LogP contribution in [0.1, 0.15) is 51.9 Å². The van der Waals surface area contributed by atoms with Crippen molar-refractivity contribution in [1.82, 2.24) is 25.0 Å². The zero-order valence-electron chi connectivity index (χ0n) is 14.5. The van der Waals surface area contributed by atoms with Crippen LogP contribution in [0.3, 0.4) is 0 Å². The molecule has 23 heavy (non-hydrogen) atoms. The summed E-state index contributed by atoms with van der Waals surface area (Å²) in [5.41, 5.74) is 0. The van der Waals surface area contributed by atoms with Gasteiger partial charge in [-0.15, -0.1) is 0 Å². The summed E-state index contributed by atoms with van der Waals surface area (Å²) in [4.78, 5) is 30.1. The first-order valence-corrected chi connectivity index (χ1v) is 8.28. The number of nitrogens with zero attached hydrogens (tertiary/aromatic N) is 4. The lowest BCUT2D eigenvalue weighted by atomic mass is 9.94. The van der Waals surface area contributed by atoms with Crippen molar-refractivity contribution in [1.29, 1.82) is 0 Å². The predicted octanol–water partition coefficient (Wildman–Crippen LogP) is 1.28. The summed E-state index contributed by atoms with van der Waals surface area (Å²) in [6.07, 6.45) is 3.78. The molecule has 7 heteroatoms.